The van der Waals surface area contributed by atoms with Crippen molar-refractivity contribution in [2.75, 3.05) is 24.2 Å². The van der Waals surface area contributed by atoms with E-state index >= 15 is 0 Å². The summed E-state index contributed by atoms with van der Waals surface area (Å²) >= 11 is 1.81. The van der Waals surface area contributed by atoms with Crippen molar-refractivity contribution in [3.05, 3.63) is 18.2 Å². The Kier molecular flexibility index (Phi) is 4.53. The van der Waals surface area contributed by atoms with E-state index in [1.165, 1.54) is 11.3 Å². The maximum atomic E-state index is 5.82. The predicted molar refractivity (Wildman–Crippen MR) is 78.6 cm³/mol. The quantitative estimate of drug-likeness (QED) is 0.732. The first kappa shape index (κ1) is 13.3. The lowest BCUT2D eigenvalue weighted by atomic mass is 10.3. The van der Waals surface area contributed by atoms with Crippen molar-refractivity contribution in [2.24, 2.45) is 0 Å². The van der Waals surface area contributed by atoms with Gasteiger partial charge in [-0.3, -0.25) is 0 Å². The molecule has 1 aromatic heterocycles. The Hall–Kier alpha value is -1.16. The molecule has 0 amide bonds. The molecule has 2 rings (SSSR count). The first-order valence-electron chi connectivity index (χ1n) is 6.49. The minimum Gasteiger partial charge on any atom is -0.423 e. The van der Waals surface area contributed by atoms with Crippen molar-refractivity contribution in [1.82, 2.24) is 4.98 Å². The highest BCUT2D eigenvalue weighted by atomic mass is 32.2. The lowest BCUT2D eigenvalue weighted by molar-refractivity contribution is 0.576. The Bertz CT molecular complexity index is 509. The molecule has 0 bridgehead atoms. The van der Waals surface area contributed by atoms with Crippen molar-refractivity contribution < 1.29 is 4.42 Å². The van der Waals surface area contributed by atoms with Crippen molar-refractivity contribution in [3.8, 4) is 0 Å². The van der Waals surface area contributed by atoms with Crippen LogP contribution >= 0.6 is 11.8 Å². The molecule has 0 saturated carbocycles. The van der Waals surface area contributed by atoms with Gasteiger partial charge in [0.2, 0.25) is 0 Å². The van der Waals surface area contributed by atoms with Gasteiger partial charge in [0.1, 0.15) is 5.52 Å². The van der Waals surface area contributed by atoms with Crippen LogP contribution in [0.3, 0.4) is 0 Å². The molecular weight excluding hydrogens is 244 g/mol. The van der Waals surface area contributed by atoms with Crippen LogP contribution in [-0.4, -0.2) is 24.3 Å². The minimum atomic E-state index is 0.725. The number of anilines is 1. The van der Waals surface area contributed by atoms with E-state index in [-0.39, 0.29) is 0 Å². The van der Waals surface area contributed by atoms with Gasteiger partial charge in [-0.05, 0) is 24.3 Å². The molecule has 3 nitrogen and oxygen atoms in total. The molecule has 0 aliphatic heterocycles. The van der Waals surface area contributed by atoms with Crippen LogP contribution in [0.2, 0.25) is 0 Å². The summed E-state index contributed by atoms with van der Waals surface area (Å²) in [6, 6.07) is 6.85. The second kappa shape index (κ2) is 6.14. The summed E-state index contributed by atoms with van der Waals surface area (Å²) in [5.74, 6) is 1.05. The number of hydrogen-bond acceptors (Lipinski definition) is 4. The number of hydrogen-bond donors (Lipinski definition) is 0. The van der Waals surface area contributed by atoms with Crippen LogP contribution in [0.4, 0.5) is 6.01 Å². The summed E-state index contributed by atoms with van der Waals surface area (Å²) in [7, 11) is 2.03. The first-order chi connectivity index (χ1) is 8.76. The van der Waals surface area contributed by atoms with E-state index in [1.54, 1.807) is 11.8 Å². The molecule has 0 radical (unpaired) electrons. The van der Waals surface area contributed by atoms with Gasteiger partial charge in [-0.2, -0.15) is 4.98 Å². The third-order valence-electron chi connectivity index (χ3n) is 2.84. The highest BCUT2D eigenvalue weighted by Crippen LogP contribution is 2.30. The van der Waals surface area contributed by atoms with Crippen molar-refractivity contribution in [2.45, 2.75) is 31.6 Å². The summed E-state index contributed by atoms with van der Waals surface area (Å²) in [6.45, 7) is 5.33. The summed E-state index contributed by atoms with van der Waals surface area (Å²) in [6.07, 6.45) is 2.34. The SMILES string of the molecule is CCCCN(C)c1nc2c(SCC)cccc2o1. The van der Waals surface area contributed by atoms with Gasteiger partial charge < -0.3 is 9.32 Å². The zero-order chi connectivity index (χ0) is 13.0. The minimum absolute atomic E-state index is 0.725. The topological polar surface area (TPSA) is 29.3 Å². The predicted octanol–water partition coefficient (Wildman–Crippen LogP) is 4.18. The van der Waals surface area contributed by atoms with E-state index in [0.717, 1.165) is 35.8 Å². The second-order valence-electron chi connectivity index (χ2n) is 4.31. The second-order valence-corrected chi connectivity index (χ2v) is 5.61. The molecule has 0 fully saturated rings. The molecule has 0 N–H and O–H groups in total. The zero-order valence-corrected chi connectivity index (χ0v) is 12.1. The van der Waals surface area contributed by atoms with Gasteiger partial charge in [0.15, 0.2) is 5.58 Å². The maximum Gasteiger partial charge on any atom is 0.298 e. The van der Waals surface area contributed by atoms with Crippen LogP contribution in [0.5, 0.6) is 0 Å². The number of benzene rings is 1. The van der Waals surface area contributed by atoms with Gasteiger partial charge in [-0.25, -0.2) is 0 Å². The Morgan fingerprint density at radius 2 is 2.17 bits per heavy atom. The number of thioether (sulfide) groups is 1. The van der Waals surface area contributed by atoms with E-state index in [2.05, 4.69) is 29.8 Å². The molecule has 18 heavy (non-hydrogen) atoms. The molecule has 4 heteroatoms. The normalized spacial score (nSPS) is 11.1. The molecular formula is C14H20N2OS. The van der Waals surface area contributed by atoms with Crippen molar-refractivity contribution in [3.63, 3.8) is 0 Å². The first-order valence-corrected chi connectivity index (χ1v) is 7.48. The summed E-state index contributed by atoms with van der Waals surface area (Å²) in [5, 5.41) is 0. The number of nitrogens with zero attached hydrogens (tertiary/aromatic N) is 2. The van der Waals surface area contributed by atoms with Gasteiger partial charge in [-0.1, -0.05) is 26.3 Å². The lowest BCUT2D eigenvalue weighted by Gasteiger charge is -2.12. The fourth-order valence-electron chi connectivity index (χ4n) is 1.84. The van der Waals surface area contributed by atoms with Gasteiger partial charge in [0.25, 0.3) is 6.01 Å². The molecule has 98 valence electrons. The summed E-state index contributed by atoms with van der Waals surface area (Å²) in [4.78, 5) is 7.91. The molecule has 0 spiro atoms. The summed E-state index contributed by atoms with van der Waals surface area (Å²) in [5.41, 5.74) is 1.87. The standard InChI is InChI=1S/C14H20N2OS/c1-4-6-10-16(3)14-15-13-11(17-14)8-7-9-12(13)18-5-2/h7-9H,4-6,10H2,1-3H3. The monoisotopic (exact) mass is 264 g/mol. The van der Waals surface area contributed by atoms with Gasteiger partial charge in [0.05, 0.1) is 0 Å². The number of rotatable bonds is 6. The lowest BCUT2D eigenvalue weighted by Crippen LogP contribution is -2.18. The number of aromatic nitrogens is 1. The van der Waals surface area contributed by atoms with Crippen molar-refractivity contribution in [1.29, 1.82) is 0 Å². The summed E-state index contributed by atoms with van der Waals surface area (Å²) < 4.78 is 5.82. The molecule has 0 saturated heterocycles. The fourth-order valence-corrected chi connectivity index (χ4v) is 2.61. The third-order valence-corrected chi connectivity index (χ3v) is 3.77. The molecule has 0 atom stereocenters. The molecule has 2 aromatic rings. The highest BCUT2D eigenvalue weighted by molar-refractivity contribution is 7.99. The third kappa shape index (κ3) is 2.80. The molecule has 0 unspecified atom stereocenters. The van der Waals surface area contributed by atoms with E-state index < -0.39 is 0 Å². The molecule has 1 heterocycles. The Labute approximate surface area is 113 Å². The zero-order valence-electron chi connectivity index (χ0n) is 11.3. The molecule has 0 aliphatic rings. The average molecular weight is 264 g/mol. The van der Waals surface area contributed by atoms with Crippen LogP contribution < -0.4 is 4.90 Å². The Balaban J connectivity index is 2.28. The molecule has 1 aromatic carbocycles. The number of para-hydroxylation sites is 1. The van der Waals surface area contributed by atoms with Crippen LogP contribution in [0.1, 0.15) is 26.7 Å². The maximum absolute atomic E-state index is 5.82. The average Bonchev–Trinajstić information content (AvgIpc) is 2.81. The van der Waals surface area contributed by atoms with Crippen LogP contribution in [-0.2, 0) is 0 Å². The van der Waals surface area contributed by atoms with E-state index in [4.69, 9.17) is 4.42 Å². The van der Waals surface area contributed by atoms with E-state index in [0.29, 0.717) is 0 Å². The van der Waals surface area contributed by atoms with Crippen LogP contribution in [0, 0.1) is 0 Å². The Morgan fingerprint density at radius 1 is 1.33 bits per heavy atom. The van der Waals surface area contributed by atoms with Crippen molar-refractivity contribution >= 4 is 28.9 Å². The van der Waals surface area contributed by atoms with Crippen LogP contribution in [0.15, 0.2) is 27.5 Å². The number of oxazole rings is 1. The van der Waals surface area contributed by atoms with Crippen LogP contribution in [0.25, 0.3) is 11.1 Å². The van der Waals surface area contributed by atoms with Gasteiger partial charge in [-0.15, -0.1) is 11.8 Å². The smallest absolute Gasteiger partial charge is 0.298 e. The van der Waals surface area contributed by atoms with E-state index in [9.17, 15) is 0 Å². The van der Waals surface area contributed by atoms with E-state index in [1.807, 2.05) is 19.2 Å². The van der Waals surface area contributed by atoms with Gasteiger partial charge >= 0.3 is 0 Å². The largest absolute Gasteiger partial charge is 0.423 e. The number of unbranched alkanes of at least 4 members (excludes halogenated alkanes) is 1. The number of fused-ring (bicyclic) bond motifs is 1. The molecule has 0 aliphatic carbocycles. The van der Waals surface area contributed by atoms with Gasteiger partial charge in [0, 0.05) is 18.5 Å². The highest BCUT2D eigenvalue weighted by Gasteiger charge is 2.12. The fraction of sp³-hybridized carbons (Fsp3) is 0.500. The Morgan fingerprint density at radius 3 is 2.89 bits per heavy atom.